The van der Waals surface area contributed by atoms with Gasteiger partial charge in [-0.15, -0.1) is 0 Å². The third-order valence-corrected chi connectivity index (χ3v) is 9.35. The average Bonchev–Trinajstić information content (AvgIpc) is 3.20. The molecule has 1 aromatic heterocycles. The fourth-order valence-electron chi connectivity index (χ4n) is 3.45. The van der Waals surface area contributed by atoms with Gasteiger partial charge < -0.3 is 28.7 Å². The third-order valence-electron chi connectivity index (χ3n) is 9.35. The van der Waals surface area contributed by atoms with E-state index in [2.05, 4.69) is 4.98 Å². The molecular formula is C55H127N5O9. The van der Waals surface area contributed by atoms with Gasteiger partial charge in [-0.05, 0) is 94.1 Å². The molecule has 0 radical (unpaired) electrons. The van der Waals surface area contributed by atoms with E-state index in [-0.39, 0.29) is 133 Å². The first kappa shape index (κ1) is 103. The number of pyridine rings is 1. The van der Waals surface area contributed by atoms with E-state index in [1.807, 2.05) is 140 Å². The van der Waals surface area contributed by atoms with Gasteiger partial charge in [0.2, 0.25) is 17.7 Å². The SMILES string of the molecule is C.C.C.C.C.C.C.C.C.C.CCC(C)(C)C(=O)N(C)C.CCC(C)(C)C(=O)OCCOc1ccccn1.CCC(C)(C)C(=O)OCN(C)C.CCC(C)C(=O)N(C)C.CCC(C)C(=O)OCN(C)C. The van der Waals surface area contributed by atoms with Gasteiger partial charge in [0.25, 0.3) is 0 Å². The maximum absolute atomic E-state index is 11.6. The summed E-state index contributed by atoms with van der Waals surface area (Å²) in [5.74, 6) is 0.741. The van der Waals surface area contributed by atoms with Crippen LogP contribution < -0.4 is 4.74 Å². The van der Waals surface area contributed by atoms with E-state index in [0.717, 1.165) is 32.1 Å². The topological polar surface area (TPSA) is 148 Å². The number of hydrogen-bond acceptors (Lipinski definition) is 12. The lowest BCUT2D eigenvalue weighted by molar-refractivity contribution is -0.158. The van der Waals surface area contributed by atoms with Gasteiger partial charge in [-0.3, -0.25) is 33.8 Å². The maximum Gasteiger partial charge on any atom is 0.312 e. The van der Waals surface area contributed by atoms with Crippen LogP contribution in [0, 0.1) is 28.1 Å². The normalized spacial score (nSPS) is 10.2. The van der Waals surface area contributed by atoms with Gasteiger partial charge in [0, 0.05) is 51.8 Å². The van der Waals surface area contributed by atoms with Crippen molar-refractivity contribution < 1.29 is 42.9 Å². The van der Waals surface area contributed by atoms with Gasteiger partial charge >= 0.3 is 17.9 Å². The molecule has 0 fully saturated rings. The summed E-state index contributed by atoms with van der Waals surface area (Å²) in [6.07, 6.45) is 5.88. The second-order valence-corrected chi connectivity index (χ2v) is 17.2. The number of carbonyl (C=O) groups excluding carboxylic acids is 5. The Morgan fingerprint density at radius 3 is 1.17 bits per heavy atom. The molecule has 2 unspecified atom stereocenters. The standard InChI is InChI=1S/C13H19NO3.C9H19NO2.C8H17NO2.C8H17NO.C7H15NO.10CH4/c1-4-13(2,3)12(15)17-10-9-16-11-7-5-6-8-14-11;1-6-9(2,3)8(11)12-7-10(4)5;1-5-7(2)8(10)11-6-9(3)4;1-6-8(2,3)7(10)9(4)5;1-5-6(2)7(9)8(3)4;;;;;;;;;;/h5-8H,4,9-10H2,1-3H3;6-7H2,1-5H3;7H,5-6H2,1-4H3;6H2,1-5H3;6H,5H2,1-4H3;10*1H4. The van der Waals surface area contributed by atoms with Crippen LogP contribution in [0.2, 0.25) is 0 Å². The van der Waals surface area contributed by atoms with Crippen LogP contribution in [0.3, 0.4) is 0 Å². The van der Waals surface area contributed by atoms with Crippen LogP contribution in [0.25, 0.3) is 0 Å². The molecule has 2 amide bonds. The molecule has 0 saturated heterocycles. The number of rotatable bonds is 18. The Balaban J connectivity index is -0.0000000448. The second-order valence-electron chi connectivity index (χ2n) is 17.2. The highest BCUT2D eigenvalue weighted by atomic mass is 16.6. The summed E-state index contributed by atoms with van der Waals surface area (Å²) in [5.41, 5.74) is -0.968. The lowest BCUT2D eigenvalue weighted by atomic mass is 9.89. The van der Waals surface area contributed by atoms with E-state index < -0.39 is 5.41 Å². The highest BCUT2D eigenvalue weighted by Crippen LogP contribution is 2.23. The maximum atomic E-state index is 11.6. The van der Waals surface area contributed by atoms with E-state index >= 15 is 0 Å². The minimum Gasteiger partial charge on any atom is -0.474 e. The highest BCUT2D eigenvalue weighted by Gasteiger charge is 2.28. The first-order valence-corrected chi connectivity index (χ1v) is 20.8. The number of amides is 2. The number of ether oxygens (including phenoxy) is 4. The Labute approximate surface area is 433 Å². The average molecular weight is 1000 g/mol. The van der Waals surface area contributed by atoms with Gasteiger partial charge in [0.1, 0.15) is 26.7 Å². The van der Waals surface area contributed by atoms with Crippen molar-refractivity contribution in [1.82, 2.24) is 24.6 Å². The zero-order chi connectivity index (χ0) is 47.2. The summed E-state index contributed by atoms with van der Waals surface area (Å²) in [7, 11) is 14.6. The number of aromatic nitrogens is 1. The molecule has 14 heteroatoms. The monoisotopic (exact) mass is 1000 g/mol. The third kappa shape index (κ3) is 53.4. The van der Waals surface area contributed by atoms with Crippen LogP contribution in [-0.4, -0.2) is 137 Å². The number of esters is 3. The summed E-state index contributed by atoms with van der Waals surface area (Å²) in [6, 6.07) is 5.42. The summed E-state index contributed by atoms with van der Waals surface area (Å²) >= 11 is 0. The highest BCUT2D eigenvalue weighted by molar-refractivity contribution is 5.81. The van der Waals surface area contributed by atoms with Crippen LogP contribution in [0.5, 0.6) is 5.88 Å². The molecule has 0 spiro atoms. The summed E-state index contributed by atoms with van der Waals surface area (Å²) < 4.78 is 20.4. The molecule has 0 aliphatic heterocycles. The molecule has 0 saturated carbocycles. The number of carbonyl (C=O) groups is 5. The van der Waals surface area contributed by atoms with E-state index in [9.17, 15) is 24.0 Å². The summed E-state index contributed by atoms with van der Waals surface area (Å²) in [6.45, 7) is 26.6. The molecule has 2 atom stereocenters. The van der Waals surface area contributed by atoms with Crippen molar-refractivity contribution in [2.45, 2.75) is 196 Å². The number of hydrogen-bond donors (Lipinski definition) is 0. The van der Waals surface area contributed by atoms with E-state index in [4.69, 9.17) is 18.9 Å². The molecule has 14 nitrogen and oxygen atoms in total. The van der Waals surface area contributed by atoms with Crippen LogP contribution in [0.15, 0.2) is 24.4 Å². The summed E-state index contributed by atoms with van der Waals surface area (Å²) in [5, 5.41) is 0. The fourth-order valence-corrected chi connectivity index (χ4v) is 3.45. The van der Waals surface area contributed by atoms with Crippen molar-refractivity contribution in [3.8, 4) is 5.88 Å². The molecule has 0 aliphatic carbocycles. The molecule has 1 aromatic rings. The first-order valence-electron chi connectivity index (χ1n) is 20.8. The van der Waals surface area contributed by atoms with Gasteiger partial charge in [-0.1, -0.05) is 143 Å². The largest absolute Gasteiger partial charge is 0.474 e. The molecule has 0 N–H and O–H groups in total. The number of nitrogens with zero attached hydrogens (tertiary/aromatic N) is 5. The fraction of sp³-hybridized carbons (Fsp3) is 0.818. The van der Waals surface area contributed by atoms with Gasteiger partial charge in [-0.2, -0.15) is 0 Å². The van der Waals surface area contributed by atoms with Gasteiger partial charge in [0.05, 0.1) is 16.7 Å². The molecular weight excluding hydrogens is 875 g/mol. The van der Waals surface area contributed by atoms with Crippen LogP contribution in [-0.2, 0) is 38.2 Å². The van der Waals surface area contributed by atoms with E-state index in [0.29, 0.717) is 25.9 Å². The molecule has 0 aliphatic rings. The zero-order valence-electron chi connectivity index (χ0n) is 41.2. The molecule has 0 bridgehead atoms. The van der Waals surface area contributed by atoms with E-state index in [1.54, 1.807) is 50.3 Å². The van der Waals surface area contributed by atoms with Crippen molar-refractivity contribution in [2.24, 2.45) is 28.1 Å². The molecule has 1 rings (SSSR count). The quantitative estimate of drug-likeness (QED) is 0.0596. The Hall–Kier alpha value is -3.78. The van der Waals surface area contributed by atoms with Crippen molar-refractivity contribution in [3.05, 3.63) is 24.4 Å². The molecule has 0 aromatic carbocycles. The van der Waals surface area contributed by atoms with Crippen LogP contribution in [0.1, 0.15) is 196 Å². The predicted molar refractivity (Wildman–Crippen MR) is 306 cm³/mol. The Kier molecular flexibility index (Phi) is 82.0. The molecule has 426 valence electrons. The lowest BCUT2D eigenvalue weighted by Crippen LogP contribution is -2.35. The Morgan fingerprint density at radius 2 is 0.899 bits per heavy atom. The van der Waals surface area contributed by atoms with Gasteiger partial charge in [0.15, 0.2) is 0 Å². The Bertz CT molecular complexity index is 1290. The zero-order valence-corrected chi connectivity index (χ0v) is 41.2. The van der Waals surface area contributed by atoms with Gasteiger partial charge in [-0.25, -0.2) is 4.98 Å². The minimum absolute atomic E-state index is 0. The minimum atomic E-state index is -0.426. The van der Waals surface area contributed by atoms with Crippen molar-refractivity contribution in [1.29, 1.82) is 0 Å². The molecule has 69 heavy (non-hydrogen) atoms. The van der Waals surface area contributed by atoms with Crippen molar-refractivity contribution in [3.63, 3.8) is 0 Å². The first-order chi connectivity index (χ1) is 27.0. The van der Waals surface area contributed by atoms with Crippen LogP contribution in [0.4, 0.5) is 0 Å². The van der Waals surface area contributed by atoms with Crippen molar-refractivity contribution in [2.75, 3.05) is 83.1 Å². The summed E-state index contributed by atoms with van der Waals surface area (Å²) in [4.78, 5) is 67.2. The Morgan fingerprint density at radius 1 is 0.522 bits per heavy atom. The lowest BCUT2D eigenvalue weighted by Gasteiger charge is -2.25. The molecule has 1 heterocycles. The van der Waals surface area contributed by atoms with Crippen LogP contribution >= 0.6 is 0 Å². The van der Waals surface area contributed by atoms with E-state index in [1.165, 1.54) is 0 Å². The smallest absolute Gasteiger partial charge is 0.312 e. The van der Waals surface area contributed by atoms with Crippen molar-refractivity contribution >= 4 is 29.7 Å². The second kappa shape index (κ2) is 55.2. The predicted octanol–water partition coefficient (Wildman–Crippen LogP) is 14.0.